The van der Waals surface area contributed by atoms with Gasteiger partial charge in [-0.1, -0.05) is 13.8 Å². The van der Waals surface area contributed by atoms with Crippen molar-refractivity contribution in [2.24, 2.45) is 11.7 Å². The summed E-state index contributed by atoms with van der Waals surface area (Å²) >= 11 is 0. The molecule has 1 aromatic rings. The van der Waals surface area contributed by atoms with Crippen LogP contribution in [0.15, 0.2) is 12.1 Å². The van der Waals surface area contributed by atoms with E-state index in [2.05, 4.69) is 0 Å². The highest BCUT2D eigenvalue weighted by Gasteiger charge is 2.15. The van der Waals surface area contributed by atoms with E-state index < -0.39 is 23.5 Å². The van der Waals surface area contributed by atoms with Gasteiger partial charge in [0.15, 0.2) is 11.6 Å². The highest BCUT2D eigenvalue weighted by Crippen LogP contribution is 2.23. The van der Waals surface area contributed by atoms with Crippen molar-refractivity contribution < 1.29 is 13.2 Å². The summed E-state index contributed by atoms with van der Waals surface area (Å²) in [6.07, 6.45) is 1.37. The maximum atomic E-state index is 13.3. The van der Waals surface area contributed by atoms with E-state index in [4.69, 9.17) is 5.73 Å². The smallest absolute Gasteiger partial charge is 0.161 e. The van der Waals surface area contributed by atoms with E-state index in [1.807, 2.05) is 13.8 Å². The number of rotatable bonds is 4. The third kappa shape index (κ3) is 4.56. The van der Waals surface area contributed by atoms with Crippen molar-refractivity contribution in [3.8, 4) is 0 Å². The SMILES string of the molecule is CC(C)CC[C@@H](N)c1cc(F)c(F)cc1F.Cl. The van der Waals surface area contributed by atoms with Crippen molar-refractivity contribution in [2.75, 3.05) is 0 Å². The summed E-state index contributed by atoms with van der Waals surface area (Å²) in [5.74, 6) is -2.58. The molecule has 0 aliphatic heterocycles. The topological polar surface area (TPSA) is 26.0 Å². The van der Waals surface area contributed by atoms with Crippen molar-refractivity contribution in [1.29, 1.82) is 0 Å². The molecular weight excluding hydrogens is 251 g/mol. The monoisotopic (exact) mass is 267 g/mol. The number of halogens is 4. The summed E-state index contributed by atoms with van der Waals surface area (Å²) in [6, 6.07) is 0.799. The number of benzene rings is 1. The van der Waals surface area contributed by atoms with Crippen molar-refractivity contribution in [2.45, 2.75) is 32.7 Å². The molecule has 0 aliphatic carbocycles. The Kier molecular flexibility index (Phi) is 6.57. The van der Waals surface area contributed by atoms with Crippen LogP contribution in [0.4, 0.5) is 13.2 Å². The van der Waals surface area contributed by atoms with Gasteiger partial charge in [0.2, 0.25) is 0 Å². The maximum absolute atomic E-state index is 13.3. The normalized spacial score (nSPS) is 12.4. The van der Waals surface area contributed by atoms with Gasteiger partial charge in [0.1, 0.15) is 5.82 Å². The first-order valence-electron chi connectivity index (χ1n) is 5.31. The molecule has 17 heavy (non-hydrogen) atoms. The van der Waals surface area contributed by atoms with Gasteiger partial charge in [-0.15, -0.1) is 12.4 Å². The van der Waals surface area contributed by atoms with Crippen LogP contribution in [0.2, 0.25) is 0 Å². The van der Waals surface area contributed by atoms with Gasteiger partial charge in [0.25, 0.3) is 0 Å². The molecule has 0 spiro atoms. The largest absolute Gasteiger partial charge is 0.324 e. The fraction of sp³-hybridized carbons (Fsp3) is 0.500. The summed E-state index contributed by atoms with van der Waals surface area (Å²) in [4.78, 5) is 0. The number of hydrogen-bond acceptors (Lipinski definition) is 1. The molecule has 1 atom stereocenters. The lowest BCUT2D eigenvalue weighted by atomic mass is 9.98. The molecule has 0 radical (unpaired) electrons. The summed E-state index contributed by atoms with van der Waals surface area (Å²) in [5.41, 5.74) is 5.78. The van der Waals surface area contributed by atoms with Gasteiger partial charge in [0.05, 0.1) is 0 Å². The Morgan fingerprint density at radius 2 is 1.53 bits per heavy atom. The molecule has 1 aromatic carbocycles. The van der Waals surface area contributed by atoms with Gasteiger partial charge in [-0.05, 0) is 24.8 Å². The van der Waals surface area contributed by atoms with Crippen LogP contribution in [0.1, 0.15) is 38.3 Å². The first-order chi connectivity index (χ1) is 7.41. The first-order valence-corrected chi connectivity index (χ1v) is 5.31. The molecule has 98 valence electrons. The van der Waals surface area contributed by atoms with E-state index >= 15 is 0 Å². The second kappa shape index (κ2) is 6.87. The lowest BCUT2D eigenvalue weighted by Gasteiger charge is -2.14. The molecule has 0 amide bonds. The molecular formula is C12H17ClF3N. The maximum Gasteiger partial charge on any atom is 0.161 e. The Balaban J connectivity index is 0.00000256. The standard InChI is InChI=1S/C12H16F3N.ClH/c1-7(2)3-4-12(16)8-5-10(14)11(15)6-9(8)13;/h5-7,12H,3-4,16H2,1-2H3;1H/t12-;/m1./s1. The lowest BCUT2D eigenvalue weighted by Crippen LogP contribution is -2.14. The molecule has 5 heteroatoms. The highest BCUT2D eigenvalue weighted by atomic mass is 35.5. The van der Waals surface area contributed by atoms with Crippen LogP contribution in [0.5, 0.6) is 0 Å². The first kappa shape index (κ1) is 16.3. The van der Waals surface area contributed by atoms with Crippen molar-refractivity contribution in [1.82, 2.24) is 0 Å². The Morgan fingerprint density at radius 1 is 1.00 bits per heavy atom. The summed E-state index contributed by atoms with van der Waals surface area (Å²) in [7, 11) is 0. The average Bonchev–Trinajstić information content (AvgIpc) is 2.20. The minimum absolute atomic E-state index is 0. The zero-order valence-electron chi connectivity index (χ0n) is 9.84. The second-order valence-electron chi connectivity index (χ2n) is 4.37. The Morgan fingerprint density at radius 3 is 2.06 bits per heavy atom. The van der Waals surface area contributed by atoms with Gasteiger partial charge in [-0.3, -0.25) is 0 Å². The van der Waals surface area contributed by atoms with Crippen molar-refractivity contribution >= 4 is 12.4 Å². The molecule has 2 N–H and O–H groups in total. The Bertz CT molecular complexity index is 369. The van der Waals surface area contributed by atoms with Crippen LogP contribution in [0.3, 0.4) is 0 Å². The molecule has 0 aliphatic rings. The lowest BCUT2D eigenvalue weighted by molar-refractivity contribution is 0.466. The summed E-state index contributed by atoms with van der Waals surface area (Å²) in [6.45, 7) is 4.04. The van der Waals surface area contributed by atoms with Gasteiger partial charge in [-0.2, -0.15) is 0 Å². The van der Waals surface area contributed by atoms with Crippen LogP contribution in [0.25, 0.3) is 0 Å². The van der Waals surface area contributed by atoms with Crippen molar-refractivity contribution in [3.63, 3.8) is 0 Å². The molecule has 1 nitrogen and oxygen atoms in total. The van der Waals surface area contributed by atoms with Gasteiger partial charge in [0, 0.05) is 17.7 Å². The predicted molar refractivity (Wildman–Crippen MR) is 64.6 cm³/mol. The fourth-order valence-electron chi connectivity index (χ4n) is 1.49. The van der Waals surface area contributed by atoms with Crippen LogP contribution in [0, 0.1) is 23.4 Å². The molecule has 0 aromatic heterocycles. The summed E-state index contributed by atoms with van der Waals surface area (Å²) < 4.78 is 38.9. The molecule has 1 rings (SSSR count). The zero-order chi connectivity index (χ0) is 12.3. The average molecular weight is 268 g/mol. The van der Waals surface area contributed by atoms with E-state index in [1.54, 1.807) is 0 Å². The zero-order valence-corrected chi connectivity index (χ0v) is 10.7. The number of nitrogens with two attached hydrogens (primary N) is 1. The molecule has 0 fully saturated rings. The molecule has 0 heterocycles. The van der Waals surface area contributed by atoms with Gasteiger partial charge < -0.3 is 5.73 Å². The van der Waals surface area contributed by atoms with E-state index in [-0.39, 0.29) is 18.0 Å². The summed E-state index contributed by atoms with van der Waals surface area (Å²) in [5, 5.41) is 0. The fourth-order valence-corrected chi connectivity index (χ4v) is 1.49. The minimum atomic E-state index is -1.18. The third-order valence-corrected chi connectivity index (χ3v) is 2.49. The highest BCUT2D eigenvalue weighted by molar-refractivity contribution is 5.85. The molecule has 0 saturated heterocycles. The van der Waals surface area contributed by atoms with Crippen LogP contribution in [-0.4, -0.2) is 0 Å². The number of hydrogen-bond donors (Lipinski definition) is 1. The van der Waals surface area contributed by atoms with E-state index in [9.17, 15) is 13.2 Å². The van der Waals surface area contributed by atoms with E-state index in [0.717, 1.165) is 12.5 Å². The van der Waals surface area contributed by atoms with Crippen LogP contribution in [-0.2, 0) is 0 Å². The van der Waals surface area contributed by atoms with Gasteiger partial charge >= 0.3 is 0 Å². The Labute approximate surface area is 106 Å². The van der Waals surface area contributed by atoms with E-state index in [1.165, 1.54) is 0 Å². The van der Waals surface area contributed by atoms with Gasteiger partial charge in [-0.25, -0.2) is 13.2 Å². The van der Waals surface area contributed by atoms with Crippen LogP contribution >= 0.6 is 12.4 Å². The minimum Gasteiger partial charge on any atom is -0.324 e. The Hall–Kier alpha value is -0.740. The molecule has 0 bridgehead atoms. The van der Waals surface area contributed by atoms with E-state index in [0.29, 0.717) is 18.4 Å². The van der Waals surface area contributed by atoms with Crippen molar-refractivity contribution in [3.05, 3.63) is 35.1 Å². The molecule has 0 unspecified atom stereocenters. The third-order valence-electron chi connectivity index (χ3n) is 2.49. The van der Waals surface area contributed by atoms with Crippen LogP contribution < -0.4 is 5.73 Å². The molecule has 0 saturated carbocycles. The second-order valence-corrected chi connectivity index (χ2v) is 4.37. The predicted octanol–water partition coefficient (Wildman–Crippen LogP) is 3.96. The quantitative estimate of drug-likeness (QED) is 0.821.